The number of hydrogen-bond acceptors (Lipinski definition) is 3. The third-order valence-corrected chi connectivity index (χ3v) is 13.6. The molecule has 0 amide bonds. The van der Waals surface area contributed by atoms with Gasteiger partial charge in [0.1, 0.15) is 0 Å². The van der Waals surface area contributed by atoms with Crippen molar-refractivity contribution in [2.45, 2.75) is 112 Å². The number of carbonyl (C=O) groups is 1. The lowest BCUT2D eigenvalue weighted by Crippen LogP contribution is -2.65. The highest BCUT2D eigenvalue weighted by Crippen LogP contribution is 2.75. The number of fused-ring (bicyclic) bond motifs is 7. The minimum absolute atomic E-state index is 0.0147. The van der Waals surface area contributed by atoms with Crippen molar-refractivity contribution in [2.75, 3.05) is 7.11 Å². The Morgan fingerprint density at radius 3 is 2.32 bits per heavy atom. The lowest BCUT2D eigenvalue weighted by molar-refractivity contribution is -0.207. The Bertz CT molecular complexity index is 889. The molecule has 5 aliphatic carbocycles. The van der Waals surface area contributed by atoms with E-state index in [1.807, 2.05) is 0 Å². The molecule has 0 spiro atoms. The number of aliphatic hydroxyl groups excluding tert-OH is 1. The van der Waals surface area contributed by atoms with Gasteiger partial charge in [-0.25, -0.2) is 0 Å². The van der Waals surface area contributed by atoms with Crippen LogP contribution in [-0.4, -0.2) is 24.3 Å². The lowest BCUT2D eigenvalue weighted by Gasteiger charge is -2.71. The quantitative estimate of drug-likeness (QED) is 0.326. The van der Waals surface area contributed by atoms with Crippen LogP contribution in [0.15, 0.2) is 11.6 Å². The summed E-state index contributed by atoms with van der Waals surface area (Å²) < 4.78 is 5.51. The van der Waals surface area contributed by atoms with Gasteiger partial charge in [0, 0.05) is 0 Å². The standard InChI is InChI=1S/C31H50O3/c1-19-11-16-31(26(33)34-8)18-17-29(6)21(25(31)20(19)2)9-10-23-28(5)14-13-24(32)27(3,4)22(28)12-15-30(23,29)7/h9,19-20,22-25,32H,10-18H2,1-8H3/t19-,20+,22-,23-,24+,25-,28+,29-,30-,31+/m1/s1. The van der Waals surface area contributed by atoms with Gasteiger partial charge >= 0.3 is 5.97 Å². The summed E-state index contributed by atoms with van der Waals surface area (Å²) in [6, 6.07) is 0. The highest BCUT2D eigenvalue weighted by atomic mass is 16.5. The van der Waals surface area contributed by atoms with Crippen LogP contribution in [0.3, 0.4) is 0 Å². The van der Waals surface area contributed by atoms with Crippen LogP contribution in [0.4, 0.5) is 0 Å². The third-order valence-electron chi connectivity index (χ3n) is 13.6. The number of allylic oxidation sites excluding steroid dienone is 2. The summed E-state index contributed by atoms with van der Waals surface area (Å²) in [4.78, 5) is 13.4. The minimum atomic E-state index is -0.326. The van der Waals surface area contributed by atoms with Crippen LogP contribution in [0.1, 0.15) is 106 Å². The van der Waals surface area contributed by atoms with Crippen LogP contribution in [0.25, 0.3) is 0 Å². The Labute approximate surface area is 208 Å². The van der Waals surface area contributed by atoms with E-state index >= 15 is 0 Å². The van der Waals surface area contributed by atoms with E-state index in [2.05, 4.69) is 54.5 Å². The third kappa shape index (κ3) is 2.83. The number of ether oxygens (including phenoxy) is 1. The van der Waals surface area contributed by atoms with Crippen LogP contribution in [-0.2, 0) is 9.53 Å². The molecule has 0 aliphatic heterocycles. The normalized spacial score (nSPS) is 54.0. The average Bonchev–Trinajstić information content (AvgIpc) is 2.79. The molecule has 3 nitrogen and oxygen atoms in total. The van der Waals surface area contributed by atoms with Crippen molar-refractivity contribution < 1.29 is 14.6 Å². The SMILES string of the molecule is COC(=O)[C@]12CC[C@@H](C)[C@H](C)[C@@H]1C1=CC[C@@H]3[C@@]4(C)CC[C@H](O)C(C)(C)[C@H]4CC[C@@]3(C)[C@]1(C)CC2. The van der Waals surface area contributed by atoms with Crippen molar-refractivity contribution >= 4 is 5.97 Å². The number of carbonyl (C=O) groups excluding carboxylic acids is 1. The molecule has 3 heteroatoms. The predicted molar refractivity (Wildman–Crippen MR) is 137 cm³/mol. The second kappa shape index (κ2) is 7.59. The molecule has 0 unspecified atom stereocenters. The molecular weight excluding hydrogens is 420 g/mol. The summed E-state index contributed by atoms with van der Waals surface area (Å²) in [6.45, 7) is 17.2. The summed E-state index contributed by atoms with van der Waals surface area (Å²) in [5, 5.41) is 10.9. The van der Waals surface area contributed by atoms with Crippen molar-refractivity contribution in [1.82, 2.24) is 0 Å². The van der Waals surface area contributed by atoms with Gasteiger partial charge in [-0.15, -0.1) is 0 Å². The predicted octanol–water partition coefficient (Wildman–Crippen LogP) is 7.18. The highest BCUT2D eigenvalue weighted by molar-refractivity contribution is 5.78. The van der Waals surface area contributed by atoms with Gasteiger partial charge in [-0.1, -0.05) is 60.1 Å². The zero-order valence-electron chi connectivity index (χ0n) is 23.2. The van der Waals surface area contributed by atoms with E-state index in [0.717, 1.165) is 44.9 Å². The largest absolute Gasteiger partial charge is 0.469 e. The van der Waals surface area contributed by atoms with E-state index < -0.39 is 0 Å². The van der Waals surface area contributed by atoms with E-state index in [0.29, 0.717) is 29.6 Å². The topological polar surface area (TPSA) is 46.5 Å². The molecule has 1 N–H and O–H groups in total. The Balaban J connectivity index is 1.61. The molecule has 34 heavy (non-hydrogen) atoms. The second-order valence-corrected chi connectivity index (χ2v) is 14.7. The van der Waals surface area contributed by atoms with E-state index in [1.165, 1.54) is 12.8 Å². The number of hydrogen-bond donors (Lipinski definition) is 1. The zero-order chi connectivity index (χ0) is 24.9. The maximum atomic E-state index is 13.4. The fraction of sp³-hybridized carbons (Fsp3) is 0.903. The Hall–Kier alpha value is -0.830. The first-order chi connectivity index (χ1) is 15.8. The monoisotopic (exact) mass is 470 g/mol. The number of rotatable bonds is 1. The summed E-state index contributed by atoms with van der Waals surface area (Å²) in [7, 11) is 1.60. The molecule has 0 aromatic rings. The average molecular weight is 471 g/mol. The highest BCUT2D eigenvalue weighted by Gasteiger charge is 2.69. The Morgan fingerprint density at radius 2 is 1.65 bits per heavy atom. The van der Waals surface area contributed by atoms with Gasteiger partial charge in [-0.05, 0) is 109 Å². The second-order valence-electron chi connectivity index (χ2n) is 14.7. The van der Waals surface area contributed by atoms with Crippen LogP contribution in [0.5, 0.6) is 0 Å². The first-order valence-corrected chi connectivity index (χ1v) is 14.3. The van der Waals surface area contributed by atoms with Gasteiger partial charge in [0.2, 0.25) is 0 Å². The van der Waals surface area contributed by atoms with Crippen LogP contribution in [0, 0.1) is 56.7 Å². The number of esters is 1. The van der Waals surface area contributed by atoms with E-state index in [4.69, 9.17) is 4.74 Å². The van der Waals surface area contributed by atoms with Gasteiger partial charge in [0.15, 0.2) is 0 Å². The smallest absolute Gasteiger partial charge is 0.312 e. The van der Waals surface area contributed by atoms with Crippen molar-refractivity contribution in [3.05, 3.63) is 11.6 Å². The summed E-state index contributed by atoms with van der Waals surface area (Å²) in [5.41, 5.74) is 1.91. The molecule has 0 aromatic heterocycles. The van der Waals surface area contributed by atoms with Crippen molar-refractivity contribution in [1.29, 1.82) is 0 Å². The molecule has 0 saturated heterocycles. The summed E-state index contributed by atoms with van der Waals surface area (Å²) in [6.07, 6.45) is 12.3. The van der Waals surface area contributed by atoms with E-state index in [9.17, 15) is 9.90 Å². The van der Waals surface area contributed by atoms with Gasteiger partial charge < -0.3 is 9.84 Å². The minimum Gasteiger partial charge on any atom is -0.469 e. The Morgan fingerprint density at radius 1 is 0.941 bits per heavy atom. The zero-order valence-corrected chi connectivity index (χ0v) is 23.2. The molecule has 4 saturated carbocycles. The molecule has 10 atom stereocenters. The van der Waals surface area contributed by atoms with Gasteiger partial charge in [-0.2, -0.15) is 0 Å². The molecule has 0 heterocycles. The van der Waals surface area contributed by atoms with E-state index in [1.54, 1.807) is 12.7 Å². The van der Waals surface area contributed by atoms with Gasteiger partial charge in [0.25, 0.3) is 0 Å². The van der Waals surface area contributed by atoms with Crippen molar-refractivity contribution in [3.63, 3.8) is 0 Å². The molecular formula is C31H50O3. The molecule has 192 valence electrons. The number of aliphatic hydroxyl groups is 1. The first kappa shape index (κ1) is 24.8. The summed E-state index contributed by atoms with van der Waals surface area (Å²) >= 11 is 0. The van der Waals surface area contributed by atoms with Crippen LogP contribution < -0.4 is 0 Å². The van der Waals surface area contributed by atoms with E-state index in [-0.39, 0.29) is 39.1 Å². The van der Waals surface area contributed by atoms with Crippen molar-refractivity contribution in [3.8, 4) is 0 Å². The Kier molecular flexibility index (Phi) is 5.55. The van der Waals surface area contributed by atoms with Crippen LogP contribution in [0.2, 0.25) is 0 Å². The fourth-order valence-electron chi connectivity index (χ4n) is 11.0. The maximum Gasteiger partial charge on any atom is 0.312 e. The molecule has 0 bridgehead atoms. The fourth-order valence-corrected chi connectivity index (χ4v) is 11.0. The lowest BCUT2D eigenvalue weighted by atomic mass is 9.33. The van der Waals surface area contributed by atoms with Crippen LogP contribution >= 0.6 is 0 Å². The van der Waals surface area contributed by atoms with Gasteiger partial charge in [0.05, 0.1) is 18.6 Å². The molecule has 5 rings (SSSR count). The molecule has 0 aromatic carbocycles. The number of methoxy groups -OCH3 is 1. The molecule has 0 radical (unpaired) electrons. The maximum absolute atomic E-state index is 13.4. The molecule has 4 fully saturated rings. The van der Waals surface area contributed by atoms with Crippen molar-refractivity contribution in [2.24, 2.45) is 56.7 Å². The van der Waals surface area contributed by atoms with Gasteiger partial charge in [-0.3, -0.25) is 4.79 Å². The molecule has 5 aliphatic rings. The summed E-state index contributed by atoms with van der Waals surface area (Å²) in [5.74, 6) is 2.73. The first-order valence-electron chi connectivity index (χ1n) is 14.3.